The van der Waals surface area contributed by atoms with E-state index in [1.54, 1.807) is 36.7 Å². The SMILES string of the molecule is CCOc1cc(C(Nc2ccc3cnccc3c2)C(=O)NS(=O)(=O)CCN)ccc1OC(C)C. The number of ether oxygens (including phenoxy) is 2. The molecule has 0 saturated heterocycles. The Hall–Kier alpha value is -3.37. The summed E-state index contributed by atoms with van der Waals surface area (Å²) in [5.41, 5.74) is 6.53. The fraction of sp³-hybridized carbons (Fsp3) is 0.333. The van der Waals surface area contributed by atoms with Crippen molar-refractivity contribution in [3.63, 3.8) is 0 Å². The Kier molecular flexibility index (Phi) is 8.30. The second kappa shape index (κ2) is 11.2. The molecular weight excluding hydrogens is 456 g/mol. The Labute approximate surface area is 199 Å². The molecule has 1 heterocycles. The van der Waals surface area contributed by atoms with Gasteiger partial charge < -0.3 is 20.5 Å². The predicted molar refractivity (Wildman–Crippen MR) is 132 cm³/mol. The molecular formula is C24H30N4O5S. The van der Waals surface area contributed by atoms with Crippen LogP contribution >= 0.6 is 0 Å². The zero-order valence-corrected chi connectivity index (χ0v) is 20.3. The molecule has 0 aliphatic carbocycles. The first-order chi connectivity index (χ1) is 16.2. The fourth-order valence-corrected chi connectivity index (χ4v) is 4.22. The number of aromatic nitrogens is 1. The Morgan fingerprint density at radius 3 is 2.59 bits per heavy atom. The van der Waals surface area contributed by atoms with Gasteiger partial charge in [-0.05, 0) is 62.1 Å². The number of carbonyl (C=O) groups is 1. The molecule has 1 unspecified atom stereocenters. The van der Waals surface area contributed by atoms with Crippen molar-refractivity contribution in [2.75, 3.05) is 24.2 Å². The van der Waals surface area contributed by atoms with E-state index in [0.717, 1.165) is 10.8 Å². The number of nitrogens with two attached hydrogens (primary N) is 1. The number of pyridine rings is 1. The molecule has 10 heteroatoms. The lowest BCUT2D eigenvalue weighted by Gasteiger charge is -2.22. The minimum Gasteiger partial charge on any atom is -0.490 e. The first-order valence-electron chi connectivity index (χ1n) is 11.0. The van der Waals surface area contributed by atoms with Crippen molar-refractivity contribution >= 4 is 32.4 Å². The summed E-state index contributed by atoms with van der Waals surface area (Å²) in [5, 5.41) is 5.02. The van der Waals surface area contributed by atoms with Crippen LogP contribution in [0.2, 0.25) is 0 Å². The highest BCUT2D eigenvalue weighted by Gasteiger charge is 2.26. The van der Waals surface area contributed by atoms with Crippen LogP contribution in [-0.2, 0) is 14.8 Å². The Morgan fingerprint density at radius 2 is 1.88 bits per heavy atom. The van der Waals surface area contributed by atoms with Gasteiger partial charge in [-0.1, -0.05) is 12.1 Å². The number of benzene rings is 2. The molecule has 1 atom stereocenters. The number of carbonyl (C=O) groups excluding carboxylic acids is 1. The van der Waals surface area contributed by atoms with Crippen LogP contribution in [-0.4, -0.2) is 44.3 Å². The molecule has 0 fully saturated rings. The first kappa shape index (κ1) is 25.3. The summed E-state index contributed by atoms with van der Waals surface area (Å²) >= 11 is 0. The lowest BCUT2D eigenvalue weighted by atomic mass is 10.0. The van der Waals surface area contributed by atoms with Gasteiger partial charge in [-0.25, -0.2) is 8.42 Å². The molecule has 9 nitrogen and oxygen atoms in total. The van der Waals surface area contributed by atoms with E-state index in [1.165, 1.54) is 0 Å². The van der Waals surface area contributed by atoms with Crippen molar-refractivity contribution < 1.29 is 22.7 Å². The van der Waals surface area contributed by atoms with Crippen LogP contribution in [0.25, 0.3) is 10.8 Å². The smallest absolute Gasteiger partial charge is 0.260 e. The highest BCUT2D eigenvalue weighted by atomic mass is 32.2. The summed E-state index contributed by atoms with van der Waals surface area (Å²) in [4.78, 5) is 17.3. The van der Waals surface area contributed by atoms with E-state index >= 15 is 0 Å². The van der Waals surface area contributed by atoms with Crippen LogP contribution < -0.4 is 25.2 Å². The number of amides is 1. The minimum atomic E-state index is -3.88. The summed E-state index contributed by atoms with van der Waals surface area (Å²) < 4.78 is 38.2. The highest BCUT2D eigenvalue weighted by Crippen LogP contribution is 2.33. The van der Waals surface area contributed by atoms with Crippen LogP contribution in [0, 0.1) is 0 Å². The Bertz CT molecular complexity index is 1250. The Morgan fingerprint density at radius 1 is 1.09 bits per heavy atom. The summed E-state index contributed by atoms with van der Waals surface area (Å²) in [6.07, 6.45) is 3.35. The van der Waals surface area contributed by atoms with Gasteiger partial charge in [0.15, 0.2) is 11.5 Å². The number of anilines is 1. The zero-order chi connectivity index (χ0) is 24.7. The lowest BCUT2D eigenvalue weighted by molar-refractivity contribution is -0.120. The quantitative estimate of drug-likeness (QED) is 0.377. The van der Waals surface area contributed by atoms with Gasteiger partial charge in [0.05, 0.1) is 18.5 Å². The minimum absolute atomic E-state index is 0.0734. The van der Waals surface area contributed by atoms with Crippen LogP contribution in [0.15, 0.2) is 54.9 Å². The topological polar surface area (TPSA) is 133 Å². The maximum absolute atomic E-state index is 13.2. The van der Waals surface area contributed by atoms with E-state index in [9.17, 15) is 13.2 Å². The third-order valence-corrected chi connectivity index (χ3v) is 6.11. The predicted octanol–water partition coefficient (Wildman–Crippen LogP) is 2.98. The van der Waals surface area contributed by atoms with E-state index in [-0.39, 0.29) is 18.4 Å². The number of nitrogens with one attached hydrogen (secondary N) is 2. The molecule has 0 bridgehead atoms. The fourth-order valence-electron chi connectivity index (χ4n) is 3.38. The van der Waals surface area contributed by atoms with E-state index in [4.69, 9.17) is 15.2 Å². The van der Waals surface area contributed by atoms with Gasteiger partial charge in [0.1, 0.15) is 6.04 Å². The van der Waals surface area contributed by atoms with Gasteiger partial charge in [-0.3, -0.25) is 14.5 Å². The molecule has 1 amide bonds. The van der Waals surface area contributed by atoms with Gasteiger partial charge in [-0.2, -0.15) is 0 Å². The second-order valence-corrected chi connectivity index (χ2v) is 9.74. The highest BCUT2D eigenvalue weighted by molar-refractivity contribution is 7.90. The van der Waals surface area contributed by atoms with Crippen LogP contribution in [0.5, 0.6) is 11.5 Å². The lowest BCUT2D eigenvalue weighted by Crippen LogP contribution is -2.40. The van der Waals surface area contributed by atoms with Crippen molar-refractivity contribution in [2.45, 2.75) is 32.9 Å². The molecule has 3 rings (SSSR count). The molecule has 34 heavy (non-hydrogen) atoms. The average Bonchev–Trinajstić information content (AvgIpc) is 2.78. The molecule has 0 saturated carbocycles. The van der Waals surface area contributed by atoms with Gasteiger partial charge >= 0.3 is 0 Å². The molecule has 0 aliphatic rings. The van der Waals surface area contributed by atoms with Gasteiger partial charge in [0.2, 0.25) is 10.0 Å². The standard InChI is InChI=1S/C24H30N4O5S/c1-4-32-22-14-18(6-8-21(22)33-16(2)3)23(24(29)28-34(30,31)12-10-25)27-20-7-5-19-15-26-11-9-17(19)13-20/h5-9,11,13-16,23,27H,4,10,12,25H2,1-3H3,(H,28,29). The normalized spacial score (nSPS) is 12.4. The monoisotopic (exact) mass is 486 g/mol. The first-order valence-corrected chi connectivity index (χ1v) is 12.7. The molecule has 1 aromatic heterocycles. The molecule has 0 radical (unpaired) electrons. The third-order valence-electron chi connectivity index (χ3n) is 4.82. The van der Waals surface area contributed by atoms with Crippen molar-refractivity contribution in [1.29, 1.82) is 0 Å². The van der Waals surface area contributed by atoms with Gasteiger partial charge in [0.25, 0.3) is 5.91 Å². The zero-order valence-electron chi connectivity index (χ0n) is 19.4. The van der Waals surface area contributed by atoms with Crippen molar-refractivity contribution in [3.8, 4) is 11.5 Å². The number of hydrogen-bond donors (Lipinski definition) is 3. The van der Waals surface area contributed by atoms with Gasteiger partial charge in [0, 0.05) is 30.0 Å². The van der Waals surface area contributed by atoms with Crippen molar-refractivity contribution in [1.82, 2.24) is 9.71 Å². The number of hydrogen-bond acceptors (Lipinski definition) is 8. The summed E-state index contributed by atoms with van der Waals surface area (Å²) in [6.45, 7) is 5.94. The van der Waals surface area contributed by atoms with Crippen LogP contribution in [0.3, 0.4) is 0 Å². The maximum atomic E-state index is 13.2. The largest absolute Gasteiger partial charge is 0.490 e. The van der Waals surface area contributed by atoms with E-state index in [2.05, 4.69) is 15.0 Å². The van der Waals surface area contributed by atoms with E-state index in [1.807, 2.05) is 39.0 Å². The number of rotatable bonds is 11. The molecule has 0 spiro atoms. The summed E-state index contributed by atoms with van der Waals surface area (Å²) in [6, 6.07) is 11.5. The molecule has 4 N–H and O–H groups in total. The molecule has 182 valence electrons. The van der Waals surface area contributed by atoms with Gasteiger partial charge in [-0.15, -0.1) is 0 Å². The van der Waals surface area contributed by atoms with E-state index in [0.29, 0.717) is 29.4 Å². The molecule has 2 aromatic carbocycles. The number of sulfonamides is 1. The third kappa shape index (κ3) is 6.58. The molecule has 3 aromatic rings. The van der Waals surface area contributed by atoms with Crippen LogP contribution in [0.4, 0.5) is 5.69 Å². The number of fused-ring (bicyclic) bond motifs is 1. The van der Waals surface area contributed by atoms with Crippen molar-refractivity contribution in [3.05, 3.63) is 60.4 Å². The van der Waals surface area contributed by atoms with E-state index < -0.39 is 22.0 Å². The Balaban J connectivity index is 2.01. The second-order valence-electron chi connectivity index (χ2n) is 7.89. The average molecular weight is 487 g/mol. The van der Waals surface area contributed by atoms with Crippen molar-refractivity contribution in [2.24, 2.45) is 5.73 Å². The summed E-state index contributed by atoms with van der Waals surface area (Å²) in [7, 11) is -3.88. The number of nitrogens with zero attached hydrogens (tertiary/aromatic N) is 1. The molecule has 0 aliphatic heterocycles. The maximum Gasteiger partial charge on any atom is 0.260 e. The van der Waals surface area contributed by atoms with Crippen LogP contribution in [0.1, 0.15) is 32.4 Å². The summed E-state index contributed by atoms with van der Waals surface area (Å²) in [5.74, 6) is -0.0977.